The lowest BCUT2D eigenvalue weighted by Crippen LogP contribution is -2.44. The number of carbonyl (C=O) groups excluding carboxylic acids is 2. The van der Waals surface area contributed by atoms with Crippen molar-refractivity contribution < 1.29 is 14.3 Å². The monoisotopic (exact) mass is 395 g/mol. The number of aromatic nitrogens is 1. The molecule has 1 heterocycles. The van der Waals surface area contributed by atoms with Crippen molar-refractivity contribution in [2.75, 3.05) is 12.0 Å². The summed E-state index contributed by atoms with van der Waals surface area (Å²) >= 11 is 7.83. The highest BCUT2D eigenvalue weighted by molar-refractivity contribution is 7.98. The first-order valence-electron chi connectivity index (χ1n) is 8.10. The first kappa shape index (κ1) is 20.3. The van der Waals surface area contributed by atoms with Crippen molar-refractivity contribution in [3.63, 3.8) is 0 Å². The van der Waals surface area contributed by atoms with Crippen LogP contribution >= 0.6 is 23.4 Å². The topological polar surface area (TPSA) is 94.3 Å². The number of hydrogen-bond donors (Lipinski definition) is 2. The normalized spacial score (nSPS) is 12.0. The summed E-state index contributed by atoms with van der Waals surface area (Å²) in [6.07, 6.45) is 2.35. The lowest BCUT2D eigenvalue weighted by Gasteiger charge is -2.16. The average molecular weight is 396 g/mol. The maximum atomic E-state index is 12.3. The zero-order valence-corrected chi connectivity index (χ0v) is 16.5. The molecule has 8 heteroatoms. The first-order valence-corrected chi connectivity index (χ1v) is 9.87. The molecular weight excluding hydrogens is 374 g/mol. The van der Waals surface area contributed by atoms with Gasteiger partial charge in [-0.05, 0) is 49.5 Å². The molecular formula is C18H22ClN3O3S. The summed E-state index contributed by atoms with van der Waals surface area (Å²) in [5.74, 6) is 0.144. The number of nitrogens with zero attached hydrogens (tertiary/aromatic N) is 1. The summed E-state index contributed by atoms with van der Waals surface area (Å²) in [6.45, 7) is 3.98. The van der Waals surface area contributed by atoms with Crippen LogP contribution in [0, 0.1) is 13.8 Å². The van der Waals surface area contributed by atoms with E-state index in [1.807, 2.05) is 38.3 Å². The molecule has 0 saturated carbocycles. The van der Waals surface area contributed by atoms with Crippen LogP contribution in [0.2, 0.25) is 5.15 Å². The van der Waals surface area contributed by atoms with Gasteiger partial charge in [-0.3, -0.25) is 0 Å². The zero-order chi connectivity index (χ0) is 19.3. The van der Waals surface area contributed by atoms with E-state index < -0.39 is 18.0 Å². The van der Waals surface area contributed by atoms with Gasteiger partial charge in [-0.25, -0.2) is 14.6 Å². The fourth-order valence-electron chi connectivity index (χ4n) is 2.51. The number of fused-ring (bicyclic) bond motifs is 1. The summed E-state index contributed by atoms with van der Waals surface area (Å²) in [5, 5.41) is 3.63. The molecule has 0 aliphatic heterocycles. The van der Waals surface area contributed by atoms with Crippen LogP contribution in [-0.2, 0) is 16.1 Å². The highest BCUT2D eigenvalue weighted by Gasteiger charge is 2.21. The molecule has 140 valence electrons. The van der Waals surface area contributed by atoms with Gasteiger partial charge in [-0.1, -0.05) is 23.7 Å². The van der Waals surface area contributed by atoms with Gasteiger partial charge < -0.3 is 15.8 Å². The Bertz CT molecular complexity index is 829. The molecule has 0 saturated heterocycles. The minimum Gasteiger partial charge on any atom is -0.459 e. The molecule has 1 atom stereocenters. The number of thioether (sulfide) groups is 1. The molecule has 0 aliphatic rings. The number of hydrogen-bond acceptors (Lipinski definition) is 5. The number of primary amides is 1. The van der Waals surface area contributed by atoms with E-state index in [0.717, 1.165) is 22.0 Å². The second-order valence-electron chi connectivity index (χ2n) is 5.97. The third kappa shape index (κ3) is 5.02. The van der Waals surface area contributed by atoms with Crippen LogP contribution < -0.4 is 11.1 Å². The number of rotatable bonds is 7. The molecule has 1 aromatic heterocycles. The Morgan fingerprint density at radius 2 is 2.12 bits per heavy atom. The number of urea groups is 1. The van der Waals surface area contributed by atoms with Crippen LogP contribution in [-0.4, -0.2) is 35.0 Å². The Morgan fingerprint density at radius 1 is 1.38 bits per heavy atom. The van der Waals surface area contributed by atoms with Gasteiger partial charge in [-0.2, -0.15) is 11.8 Å². The van der Waals surface area contributed by atoms with Gasteiger partial charge >= 0.3 is 12.0 Å². The number of aryl methyl sites for hydroxylation is 2. The minimum absolute atomic E-state index is 0.0241. The number of carbonyl (C=O) groups is 2. The number of amides is 2. The molecule has 0 unspecified atom stereocenters. The highest BCUT2D eigenvalue weighted by atomic mass is 35.5. The largest absolute Gasteiger partial charge is 0.459 e. The van der Waals surface area contributed by atoms with Crippen molar-refractivity contribution in [1.82, 2.24) is 10.3 Å². The van der Waals surface area contributed by atoms with Crippen LogP contribution in [0.5, 0.6) is 0 Å². The second kappa shape index (κ2) is 9.09. The average Bonchev–Trinajstić information content (AvgIpc) is 2.60. The molecule has 1 aromatic carbocycles. The Hall–Kier alpha value is -1.99. The summed E-state index contributed by atoms with van der Waals surface area (Å²) in [7, 11) is 0. The predicted molar refractivity (Wildman–Crippen MR) is 106 cm³/mol. The molecule has 6 nitrogen and oxygen atoms in total. The fraction of sp³-hybridized carbons (Fsp3) is 0.389. The van der Waals surface area contributed by atoms with E-state index in [9.17, 15) is 9.59 Å². The van der Waals surface area contributed by atoms with Gasteiger partial charge in [0, 0.05) is 10.9 Å². The number of pyridine rings is 1. The summed E-state index contributed by atoms with van der Waals surface area (Å²) in [4.78, 5) is 27.8. The van der Waals surface area contributed by atoms with Crippen LogP contribution in [0.4, 0.5) is 4.79 Å². The molecule has 2 rings (SSSR count). The van der Waals surface area contributed by atoms with E-state index >= 15 is 0 Å². The Morgan fingerprint density at radius 3 is 2.77 bits per heavy atom. The smallest absolute Gasteiger partial charge is 0.329 e. The van der Waals surface area contributed by atoms with Crippen molar-refractivity contribution in [3.05, 3.63) is 40.0 Å². The van der Waals surface area contributed by atoms with E-state index in [1.54, 1.807) is 11.8 Å². The van der Waals surface area contributed by atoms with Gasteiger partial charge in [0.05, 0.1) is 5.52 Å². The number of benzene rings is 1. The molecule has 0 fully saturated rings. The molecule has 3 N–H and O–H groups in total. The number of nitrogens with one attached hydrogen (secondary N) is 1. The molecule has 2 aromatic rings. The van der Waals surface area contributed by atoms with Crippen LogP contribution in [0.1, 0.15) is 23.1 Å². The zero-order valence-electron chi connectivity index (χ0n) is 15.0. The minimum atomic E-state index is -0.781. The van der Waals surface area contributed by atoms with Crippen LogP contribution in [0.15, 0.2) is 18.2 Å². The standard InChI is InChI=1S/C18H22ClN3O3S/c1-10-4-5-12-8-13(16(19)22-15(12)11(10)2)9-25-17(23)14(6-7-26-3)21-18(20)24/h4-5,8,14H,6-7,9H2,1-3H3,(H3,20,21,24)/t14-/m1/s1. The van der Waals surface area contributed by atoms with Gasteiger partial charge in [-0.15, -0.1) is 0 Å². The van der Waals surface area contributed by atoms with E-state index in [4.69, 9.17) is 22.1 Å². The van der Waals surface area contributed by atoms with Gasteiger partial charge in [0.2, 0.25) is 0 Å². The number of ether oxygens (including phenoxy) is 1. The van der Waals surface area contributed by atoms with E-state index in [0.29, 0.717) is 22.9 Å². The Kier molecular flexibility index (Phi) is 7.11. The third-order valence-electron chi connectivity index (χ3n) is 4.12. The van der Waals surface area contributed by atoms with Gasteiger partial charge in [0.1, 0.15) is 17.8 Å². The number of nitrogens with two attached hydrogens (primary N) is 1. The summed E-state index contributed by atoms with van der Waals surface area (Å²) in [6, 6.07) is 4.30. The summed E-state index contributed by atoms with van der Waals surface area (Å²) in [5.41, 5.74) is 8.77. The third-order valence-corrected chi connectivity index (χ3v) is 5.09. The van der Waals surface area contributed by atoms with Crippen molar-refractivity contribution in [1.29, 1.82) is 0 Å². The molecule has 0 aliphatic carbocycles. The molecule has 2 amide bonds. The van der Waals surface area contributed by atoms with E-state index in [-0.39, 0.29) is 6.61 Å². The second-order valence-corrected chi connectivity index (χ2v) is 7.31. The Balaban J connectivity index is 2.14. The van der Waals surface area contributed by atoms with Gasteiger partial charge in [0.15, 0.2) is 0 Å². The Labute approximate surface area is 161 Å². The molecule has 0 bridgehead atoms. The number of esters is 1. The highest BCUT2D eigenvalue weighted by Crippen LogP contribution is 2.25. The van der Waals surface area contributed by atoms with Crippen LogP contribution in [0.25, 0.3) is 10.9 Å². The van der Waals surface area contributed by atoms with Crippen molar-refractivity contribution in [3.8, 4) is 0 Å². The van der Waals surface area contributed by atoms with Crippen molar-refractivity contribution in [2.24, 2.45) is 5.73 Å². The van der Waals surface area contributed by atoms with Crippen molar-refractivity contribution >= 4 is 46.3 Å². The maximum absolute atomic E-state index is 12.3. The van der Waals surface area contributed by atoms with Crippen LogP contribution in [0.3, 0.4) is 0 Å². The lowest BCUT2D eigenvalue weighted by atomic mass is 10.0. The fourth-order valence-corrected chi connectivity index (χ4v) is 3.18. The van der Waals surface area contributed by atoms with E-state index in [2.05, 4.69) is 10.3 Å². The molecule has 0 spiro atoms. The maximum Gasteiger partial charge on any atom is 0.329 e. The molecule has 0 radical (unpaired) electrons. The lowest BCUT2D eigenvalue weighted by molar-refractivity contribution is -0.147. The predicted octanol–water partition coefficient (Wildman–Crippen LogP) is 3.34. The first-order chi connectivity index (χ1) is 12.3. The molecule has 26 heavy (non-hydrogen) atoms. The SMILES string of the molecule is CSCC[C@@H](NC(N)=O)C(=O)OCc1cc2ccc(C)c(C)c2nc1Cl. The summed E-state index contributed by atoms with van der Waals surface area (Å²) < 4.78 is 5.33. The van der Waals surface area contributed by atoms with Gasteiger partial charge in [0.25, 0.3) is 0 Å². The quantitative estimate of drug-likeness (QED) is 0.553. The number of halogens is 1. The van der Waals surface area contributed by atoms with E-state index in [1.165, 1.54) is 0 Å². The van der Waals surface area contributed by atoms with Crippen molar-refractivity contribution in [2.45, 2.75) is 32.9 Å².